The van der Waals surface area contributed by atoms with Crippen LogP contribution in [0.25, 0.3) is 11.0 Å². The minimum absolute atomic E-state index is 0.0202. The number of piperidine rings is 1. The van der Waals surface area contributed by atoms with Crippen LogP contribution in [0.15, 0.2) is 29.5 Å². The molecule has 2 aliphatic rings. The molecule has 2 aliphatic heterocycles. The van der Waals surface area contributed by atoms with E-state index in [1.807, 2.05) is 12.1 Å². The molecular formula is C17H22N4O2. The van der Waals surface area contributed by atoms with E-state index in [1.54, 1.807) is 17.1 Å². The number of pyridine rings is 1. The molecule has 0 bridgehead atoms. The largest absolute Gasteiger partial charge is 0.377 e. The number of ether oxygens (including phenoxy) is 1. The molecule has 2 aromatic heterocycles. The molecule has 0 amide bonds. The van der Waals surface area contributed by atoms with E-state index in [9.17, 15) is 4.79 Å². The van der Waals surface area contributed by atoms with Crippen molar-refractivity contribution in [1.82, 2.24) is 19.4 Å². The van der Waals surface area contributed by atoms with Crippen LogP contribution in [0.4, 0.5) is 0 Å². The normalized spacial score (nSPS) is 23.6. The average molecular weight is 314 g/mol. The number of nitrogens with zero attached hydrogens (tertiary/aromatic N) is 4. The Balaban J connectivity index is 1.46. The van der Waals surface area contributed by atoms with Gasteiger partial charge in [-0.25, -0.2) is 9.97 Å². The molecule has 0 saturated carbocycles. The number of fused-ring (bicyclic) bond motifs is 1. The monoisotopic (exact) mass is 314 g/mol. The van der Waals surface area contributed by atoms with Crippen LogP contribution in [0.5, 0.6) is 0 Å². The van der Waals surface area contributed by atoms with E-state index < -0.39 is 0 Å². The second kappa shape index (κ2) is 6.37. The van der Waals surface area contributed by atoms with E-state index in [0.29, 0.717) is 17.1 Å². The summed E-state index contributed by atoms with van der Waals surface area (Å²) in [5.41, 5.74) is 1.12. The van der Waals surface area contributed by atoms with Gasteiger partial charge in [-0.1, -0.05) is 0 Å². The van der Waals surface area contributed by atoms with Crippen molar-refractivity contribution in [3.63, 3.8) is 0 Å². The third-order valence-corrected chi connectivity index (χ3v) is 4.98. The predicted octanol–water partition coefficient (Wildman–Crippen LogP) is 1.61. The van der Waals surface area contributed by atoms with Crippen molar-refractivity contribution in [3.8, 4) is 0 Å². The molecule has 122 valence electrons. The minimum atomic E-state index is -0.0202. The summed E-state index contributed by atoms with van der Waals surface area (Å²) < 4.78 is 7.50. The summed E-state index contributed by atoms with van der Waals surface area (Å²) >= 11 is 0. The van der Waals surface area contributed by atoms with Gasteiger partial charge in [-0.15, -0.1) is 0 Å². The van der Waals surface area contributed by atoms with Gasteiger partial charge in [0, 0.05) is 38.5 Å². The van der Waals surface area contributed by atoms with Gasteiger partial charge in [-0.2, -0.15) is 0 Å². The molecule has 0 unspecified atom stereocenters. The third-order valence-electron chi connectivity index (χ3n) is 4.98. The van der Waals surface area contributed by atoms with E-state index in [2.05, 4.69) is 14.9 Å². The van der Waals surface area contributed by atoms with Crippen molar-refractivity contribution >= 4 is 11.0 Å². The fourth-order valence-corrected chi connectivity index (χ4v) is 3.68. The molecule has 0 aromatic carbocycles. The molecule has 2 aromatic rings. The van der Waals surface area contributed by atoms with E-state index >= 15 is 0 Å². The van der Waals surface area contributed by atoms with Gasteiger partial charge < -0.3 is 9.64 Å². The molecule has 0 spiro atoms. The zero-order valence-electron chi connectivity index (χ0n) is 13.2. The van der Waals surface area contributed by atoms with Gasteiger partial charge in [0.05, 0.1) is 17.9 Å². The molecule has 0 aliphatic carbocycles. The van der Waals surface area contributed by atoms with Gasteiger partial charge in [0.2, 0.25) is 0 Å². The fraction of sp³-hybridized carbons (Fsp3) is 0.588. The highest BCUT2D eigenvalue weighted by molar-refractivity contribution is 5.71. The summed E-state index contributed by atoms with van der Waals surface area (Å²) in [5, 5.41) is 0. The Bertz CT molecular complexity index is 731. The number of likely N-dealkylation sites (tertiary alicyclic amines) is 1. The van der Waals surface area contributed by atoms with Gasteiger partial charge in [0.25, 0.3) is 5.56 Å². The van der Waals surface area contributed by atoms with Crippen LogP contribution in [0.2, 0.25) is 0 Å². The molecule has 6 heteroatoms. The van der Waals surface area contributed by atoms with Crippen LogP contribution >= 0.6 is 0 Å². The molecule has 0 radical (unpaired) electrons. The molecule has 1 atom stereocenters. The van der Waals surface area contributed by atoms with E-state index in [-0.39, 0.29) is 11.6 Å². The van der Waals surface area contributed by atoms with Crippen molar-refractivity contribution in [2.24, 2.45) is 0 Å². The predicted molar refractivity (Wildman–Crippen MR) is 87.5 cm³/mol. The van der Waals surface area contributed by atoms with E-state index in [0.717, 1.165) is 39.1 Å². The molecule has 6 nitrogen and oxygen atoms in total. The molecule has 2 fully saturated rings. The number of hydrogen-bond donors (Lipinski definition) is 0. The number of hydrogen-bond acceptors (Lipinski definition) is 5. The van der Waals surface area contributed by atoms with Crippen LogP contribution in [0.3, 0.4) is 0 Å². The first-order valence-corrected chi connectivity index (χ1v) is 8.47. The summed E-state index contributed by atoms with van der Waals surface area (Å²) in [7, 11) is 0. The Hall–Kier alpha value is -1.79. The highest BCUT2D eigenvalue weighted by Crippen LogP contribution is 2.23. The van der Waals surface area contributed by atoms with Gasteiger partial charge in [0.1, 0.15) is 0 Å². The fourth-order valence-electron chi connectivity index (χ4n) is 3.68. The van der Waals surface area contributed by atoms with Crippen molar-refractivity contribution in [1.29, 1.82) is 0 Å². The summed E-state index contributed by atoms with van der Waals surface area (Å²) in [6.07, 6.45) is 8.07. The number of rotatable bonds is 3. The lowest BCUT2D eigenvalue weighted by molar-refractivity contribution is 0.0604. The lowest BCUT2D eigenvalue weighted by Crippen LogP contribution is -2.41. The Labute approximate surface area is 135 Å². The minimum Gasteiger partial charge on any atom is -0.377 e. The Kier molecular flexibility index (Phi) is 4.10. The maximum absolute atomic E-state index is 12.6. The zero-order chi connectivity index (χ0) is 15.6. The Morgan fingerprint density at radius 1 is 1.22 bits per heavy atom. The van der Waals surface area contributed by atoms with Gasteiger partial charge in [-0.3, -0.25) is 9.36 Å². The summed E-state index contributed by atoms with van der Waals surface area (Å²) in [4.78, 5) is 23.7. The lowest BCUT2D eigenvalue weighted by atomic mass is 10.0. The van der Waals surface area contributed by atoms with Gasteiger partial charge in [-0.05, 0) is 37.8 Å². The van der Waals surface area contributed by atoms with Crippen molar-refractivity contribution in [2.45, 2.75) is 37.8 Å². The Morgan fingerprint density at radius 3 is 2.87 bits per heavy atom. The van der Waals surface area contributed by atoms with Crippen molar-refractivity contribution in [2.75, 3.05) is 26.2 Å². The first-order valence-electron chi connectivity index (χ1n) is 8.47. The van der Waals surface area contributed by atoms with Gasteiger partial charge in [0.15, 0.2) is 5.52 Å². The van der Waals surface area contributed by atoms with Crippen LogP contribution in [0.1, 0.15) is 31.7 Å². The molecule has 2 saturated heterocycles. The Morgan fingerprint density at radius 2 is 2.09 bits per heavy atom. The quantitative estimate of drug-likeness (QED) is 0.861. The third kappa shape index (κ3) is 3.01. The summed E-state index contributed by atoms with van der Waals surface area (Å²) in [6.45, 7) is 3.96. The molecular weight excluding hydrogens is 292 g/mol. The zero-order valence-corrected chi connectivity index (χ0v) is 13.2. The maximum atomic E-state index is 12.6. The van der Waals surface area contributed by atoms with E-state index in [4.69, 9.17) is 4.74 Å². The summed E-state index contributed by atoms with van der Waals surface area (Å²) in [5.74, 6) is 0. The molecule has 4 heterocycles. The number of aromatic nitrogens is 3. The van der Waals surface area contributed by atoms with Crippen molar-refractivity contribution in [3.05, 3.63) is 35.0 Å². The first kappa shape index (κ1) is 14.8. The lowest BCUT2D eigenvalue weighted by Gasteiger charge is -2.33. The highest BCUT2D eigenvalue weighted by atomic mass is 16.5. The first-order chi connectivity index (χ1) is 11.3. The second-order valence-corrected chi connectivity index (χ2v) is 6.49. The van der Waals surface area contributed by atoms with Gasteiger partial charge >= 0.3 is 0 Å². The van der Waals surface area contributed by atoms with Crippen LogP contribution in [0, 0.1) is 0 Å². The molecule has 23 heavy (non-hydrogen) atoms. The maximum Gasteiger partial charge on any atom is 0.280 e. The molecule has 4 rings (SSSR count). The topological polar surface area (TPSA) is 60.2 Å². The average Bonchev–Trinajstić information content (AvgIpc) is 3.09. The smallest absolute Gasteiger partial charge is 0.280 e. The van der Waals surface area contributed by atoms with Crippen LogP contribution < -0.4 is 5.56 Å². The highest BCUT2D eigenvalue weighted by Gasteiger charge is 2.25. The van der Waals surface area contributed by atoms with E-state index in [1.165, 1.54) is 12.8 Å². The second-order valence-electron chi connectivity index (χ2n) is 6.49. The van der Waals surface area contributed by atoms with Crippen LogP contribution in [-0.2, 0) is 4.74 Å². The van der Waals surface area contributed by atoms with Crippen LogP contribution in [-0.4, -0.2) is 51.8 Å². The summed E-state index contributed by atoms with van der Waals surface area (Å²) in [6, 6.07) is 3.86. The molecule has 0 N–H and O–H groups in total. The standard InChI is InChI=1S/C17H22N4O2/c22-17-16-15(4-1-7-18-16)19-12-21(17)13-5-8-20(9-6-13)11-14-3-2-10-23-14/h1,4,7,12-14H,2-3,5-6,8-11H2/t14-/m1/s1. The SMILES string of the molecule is O=c1c2ncccc2ncn1C1CCN(C[C@H]2CCCO2)CC1. The van der Waals surface area contributed by atoms with Crippen molar-refractivity contribution < 1.29 is 4.74 Å².